The van der Waals surface area contributed by atoms with Crippen LogP contribution in [0.5, 0.6) is 0 Å². The molecule has 0 amide bonds. The van der Waals surface area contributed by atoms with Gasteiger partial charge in [0.1, 0.15) is 0 Å². The fourth-order valence-electron chi connectivity index (χ4n) is 2.87. The van der Waals surface area contributed by atoms with Crippen LogP contribution in [0.2, 0.25) is 0 Å². The molecular formula is C18H22N2S. The summed E-state index contributed by atoms with van der Waals surface area (Å²) >= 11 is 1.91. The lowest BCUT2D eigenvalue weighted by Gasteiger charge is -2.03. The van der Waals surface area contributed by atoms with E-state index in [4.69, 9.17) is 4.98 Å². The van der Waals surface area contributed by atoms with Gasteiger partial charge in [0.05, 0.1) is 15.6 Å². The molecule has 110 valence electrons. The maximum Gasteiger partial charge on any atom is 0.0971 e. The fraction of sp³-hybridized carbons (Fsp3) is 0.500. The van der Waals surface area contributed by atoms with Crippen LogP contribution in [0.25, 0.3) is 10.4 Å². The molecule has 0 spiro atoms. The molecule has 21 heavy (non-hydrogen) atoms. The van der Waals surface area contributed by atoms with Crippen LogP contribution in [-0.2, 0) is 6.54 Å². The second kappa shape index (κ2) is 4.92. The van der Waals surface area contributed by atoms with E-state index in [1.165, 1.54) is 40.4 Å². The largest absolute Gasteiger partial charge is 0.308 e. The number of benzene rings is 1. The number of nitrogens with one attached hydrogen (secondary N) is 1. The van der Waals surface area contributed by atoms with Crippen molar-refractivity contribution in [1.82, 2.24) is 10.3 Å². The Morgan fingerprint density at radius 1 is 1.24 bits per heavy atom. The van der Waals surface area contributed by atoms with Crippen LogP contribution in [0.3, 0.4) is 0 Å². The number of rotatable bonds is 5. The number of hydrogen-bond donors (Lipinski definition) is 1. The minimum Gasteiger partial charge on any atom is -0.308 e. The second-order valence-corrected chi connectivity index (χ2v) is 8.13. The van der Waals surface area contributed by atoms with Gasteiger partial charge in [0.25, 0.3) is 0 Å². The molecule has 0 radical (unpaired) electrons. The van der Waals surface area contributed by atoms with Crippen molar-refractivity contribution in [3.63, 3.8) is 0 Å². The van der Waals surface area contributed by atoms with Crippen molar-refractivity contribution >= 4 is 11.3 Å². The molecule has 1 unspecified atom stereocenters. The molecular weight excluding hydrogens is 276 g/mol. The topological polar surface area (TPSA) is 24.9 Å². The zero-order chi connectivity index (χ0) is 14.4. The van der Waals surface area contributed by atoms with Gasteiger partial charge >= 0.3 is 0 Å². The molecule has 2 nitrogen and oxygen atoms in total. The van der Waals surface area contributed by atoms with Gasteiger partial charge < -0.3 is 5.32 Å². The van der Waals surface area contributed by atoms with Crippen LogP contribution in [0, 0.1) is 5.41 Å². The van der Waals surface area contributed by atoms with Crippen molar-refractivity contribution in [1.29, 1.82) is 0 Å². The van der Waals surface area contributed by atoms with Crippen LogP contribution in [0.15, 0.2) is 30.3 Å². The molecule has 2 fully saturated rings. The van der Waals surface area contributed by atoms with Gasteiger partial charge in [0.2, 0.25) is 0 Å². The lowest BCUT2D eigenvalue weighted by atomic mass is 10.1. The molecule has 0 saturated heterocycles. The highest BCUT2D eigenvalue weighted by Crippen LogP contribution is 2.59. The maximum atomic E-state index is 5.00. The molecule has 0 aliphatic heterocycles. The minimum atomic E-state index is 0.451. The summed E-state index contributed by atoms with van der Waals surface area (Å²) in [7, 11) is 0. The van der Waals surface area contributed by atoms with Crippen LogP contribution in [0.1, 0.15) is 49.7 Å². The quantitative estimate of drug-likeness (QED) is 0.874. The van der Waals surface area contributed by atoms with Gasteiger partial charge in [-0.1, -0.05) is 44.2 Å². The molecule has 2 aliphatic carbocycles. The fourth-order valence-corrected chi connectivity index (χ4v) is 4.27. The highest BCUT2D eigenvalue weighted by Gasteiger charge is 2.48. The molecule has 1 heterocycles. The second-order valence-electron chi connectivity index (χ2n) is 7.09. The van der Waals surface area contributed by atoms with E-state index in [9.17, 15) is 0 Å². The maximum absolute atomic E-state index is 5.00. The van der Waals surface area contributed by atoms with Gasteiger partial charge in [-0.25, -0.2) is 4.98 Å². The Morgan fingerprint density at radius 2 is 1.95 bits per heavy atom. The summed E-state index contributed by atoms with van der Waals surface area (Å²) in [6.07, 6.45) is 3.94. The Morgan fingerprint density at radius 3 is 2.57 bits per heavy atom. The van der Waals surface area contributed by atoms with Crippen molar-refractivity contribution in [2.24, 2.45) is 5.41 Å². The molecule has 2 saturated carbocycles. The van der Waals surface area contributed by atoms with Crippen molar-refractivity contribution < 1.29 is 0 Å². The molecule has 1 atom stereocenters. The number of thiazole rings is 1. The third kappa shape index (κ3) is 2.77. The Balaban J connectivity index is 1.65. The lowest BCUT2D eigenvalue weighted by Crippen LogP contribution is -2.16. The van der Waals surface area contributed by atoms with Crippen LogP contribution in [0.4, 0.5) is 0 Å². The smallest absolute Gasteiger partial charge is 0.0971 e. The van der Waals surface area contributed by atoms with Crippen molar-refractivity contribution in [2.75, 3.05) is 0 Å². The monoisotopic (exact) mass is 298 g/mol. The summed E-state index contributed by atoms with van der Waals surface area (Å²) in [5, 5.41) is 4.96. The molecule has 1 aromatic carbocycles. The van der Waals surface area contributed by atoms with Crippen LogP contribution >= 0.6 is 11.3 Å². The van der Waals surface area contributed by atoms with E-state index in [1.54, 1.807) is 0 Å². The first-order valence-corrected chi connectivity index (χ1v) is 8.73. The average molecular weight is 298 g/mol. The van der Waals surface area contributed by atoms with Gasteiger partial charge in [-0.05, 0) is 30.2 Å². The van der Waals surface area contributed by atoms with E-state index in [0.29, 0.717) is 11.3 Å². The highest BCUT2D eigenvalue weighted by atomic mass is 32.1. The summed E-state index contributed by atoms with van der Waals surface area (Å²) in [5.41, 5.74) is 3.01. The van der Waals surface area contributed by atoms with Crippen molar-refractivity contribution in [3.8, 4) is 10.4 Å². The number of hydrogen-bond acceptors (Lipinski definition) is 3. The van der Waals surface area contributed by atoms with E-state index in [1.807, 2.05) is 11.3 Å². The van der Waals surface area contributed by atoms with Gasteiger partial charge in [-0.3, -0.25) is 0 Å². The zero-order valence-corrected chi connectivity index (χ0v) is 13.5. The predicted octanol–water partition coefficient (Wildman–Crippen LogP) is 4.58. The normalized spacial score (nSPS) is 23.2. The van der Waals surface area contributed by atoms with Gasteiger partial charge in [0.15, 0.2) is 0 Å². The van der Waals surface area contributed by atoms with Gasteiger partial charge in [-0.2, -0.15) is 0 Å². The Kier molecular flexibility index (Phi) is 3.16. The molecule has 0 bridgehead atoms. The van der Waals surface area contributed by atoms with E-state index in [2.05, 4.69) is 49.5 Å². The molecule has 4 rings (SSSR count). The average Bonchev–Trinajstić information content (AvgIpc) is 3.37. The lowest BCUT2D eigenvalue weighted by molar-refractivity contribution is 0.617. The van der Waals surface area contributed by atoms with Crippen molar-refractivity contribution in [3.05, 3.63) is 41.0 Å². The zero-order valence-electron chi connectivity index (χ0n) is 12.7. The summed E-state index contributed by atoms with van der Waals surface area (Å²) < 4.78 is 0. The summed E-state index contributed by atoms with van der Waals surface area (Å²) in [6.45, 7) is 5.62. The van der Waals surface area contributed by atoms with Crippen LogP contribution in [-0.4, -0.2) is 11.0 Å². The first-order valence-electron chi connectivity index (χ1n) is 7.92. The van der Waals surface area contributed by atoms with Crippen LogP contribution < -0.4 is 5.32 Å². The molecule has 2 aromatic rings. The summed E-state index contributed by atoms with van der Waals surface area (Å²) in [5.74, 6) is 0.666. The first kappa shape index (κ1) is 13.5. The Labute approximate surface area is 130 Å². The summed E-state index contributed by atoms with van der Waals surface area (Å²) in [6, 6.07) is 11.5. The van der Waals surface area contributed by atoms with Gasteiger partial charge in [0, 0.05) is 18.5 Å². The minimum absolute atomic E-state index is 0.451. The predicted molar refractivity (Wildman–Crippen MR) is 88.6 cm³/mol. The van der Waals surface area contributed by atoms with E-state index in [-0.39, 0.29) is 0 Å². The highest BCUT2D eigenvalue weighted by molar-refractivity contribution is 7.15. The summed E-state index contributed by atoms with van der Waals surface area (Å²) in [4.78, 5) is 6.36. The van der Waals surface area contributed by atoms with Gasteiger partial charge in [-0.15, -0.1) is 11.3 Å². The Hall–Kier alpha value is -1.19. The van der Waals surface area contributed by atoms with Crippen molar-refractivity contribution in [2.45, 2.75) is 51.6 Å². The standard InChI is InChI=1S/C18H22N2S/c1-18(2)10-14(18)17-20-15(11-19-13-8-9-13)16(21-17)12-6-4-3-5-7-12/h3-7,13-14,19H,8-11H2,1-2H3. The molecule has 1 aromatic heterocycles. The molecule has 3 heteroatoms. The Bertz CT molecular complexity index is 640. The molecule has 2 aliphatic rings. The third-order valence-corrected chi connectivity index (χ3v) is 5.96. The molecule has 1 N–H and O–H groups in total. The van der Waals surface area contributed by atoms with E-state index in [0.717, 1.165) is 12.6 Å². The number of aromatic nitrogens is 1. The van der Waals surface area contributed by atoms with E-state index >= 15 is 0 Å². The SMILES string of the molecule is CC1(C)CC1c1nc(CNC2CC2)c(-c2ccccc2)s1. The third-order valence-electron chi connectivity index (χ3n) is 4.70. The first-order chi connectivity index (χ1) is 10.1. The number of nitrogens with zero attached hydrogens (tertiary/aromatic N) is 1. The van der Waals surface area contributed by atoms with E-state index < -0.39 is 0 Å².